The fourth-order valence-corrected chi connectivity index (χ4v) is 5.23. The Labute approximate surface area is 224 Å². The lowest BCUT2D eigenvalue weighted by Gasteiger charge is -2.32. The number of hydrogen-bond acceptors (Lipinski definition) is 7. The summed E-state index contributed by atoms with van der Waals surface area (Å²) in [6.07, 6.45) is -1.19. The van der Waals surface area contributed by atoms with Gasteiger partial charge in [0.1, 0.15) is 24.4 Å². The van der Waals surface area contributed by atoms with E-state index in [1.54, 1.807) is 63.2 Å². The van der Waals surface area contributed by atoms with Gasteiger partial charge in [0.05, 0.1) is 11.5 Å². The second kappa shape index (κ2) is 12.5. The Morgan fingerprint density at radius 2 is 1.81 bits per heavy atom. The van der Waals surface area contributed by atoms with E-state index in [1.807, 2.05) is 0 Å². The first-order valence-electron chi connectivity index (χ1n) is 11.3. The zero-order valence-electron chi connectivity index (χ0n) is 20.2. The number of carbonyl (C=O) groups excluding carboxylic acids is 1. The maximum absolute atomic E-state index is 12.9. The monoisotopic (exact) mass is 556 g/mol. The number of carbonyl (C=O) groups is 2. The van der Waals surface area contributed by atoms with Crippen molar-refractivity contribution >= 4 is 46.8 Å². The lowest BCUT2D eigenvalue weighted by atomic mass is 10.1. The van der Waals surface area contributed by atoms with Crippen molar-refractivity contribution in [2.75, 3.05) is 11.6 Å². The Balaban J connectivity index is 1.59. The van der Waals surface area contributed by atoms with E-state index >= 15 is 0 Å². The minimum Gasteiger partial charge on any atom is -0.489 e. The first kappa shape index (κ1) is 28.6. The molecule has 11 heteroatoms. The summed E-state index contributed by atoms with van der Waals surface area (Å²) in [5.74, 6) is -0.239. The van der Waals surface area contributed by atoms with E-state index in [2.05, 4.69) is 5.32 Å². The molecule has 1 fully saturated rings. The Morgan fingerprint density at radius 1 is 1.17 bits per heavy atom. The first-order valence-corrected chi connectivity index (χ1v) is 13.2. The van der Waals surface area contributed by atoms with Gasteiger partial charge < -0.3 is 25.0 Å². The van der Waals surface area contributed by atoms with Gasteiger partial charge in [0, 0.05) is 27.8 Å². The molecular formula is C25H30Cl2N2O6S. The van der Waals surface area contributed by atoms with Gasteiger partial charge in [-0.3, -0.25) is 4.79 Å². The summed E-state index contributed by atoms with van der Waals surface area (Å²) in [4.78, 5) is 26.3. The third-order valence-corrected chi connectivity index (χ3v) is 7.12. The second-order valence-electron chi connectivity index (χ2n) is 9.32. The van der Waals surface area contributed by atoms with Gasteiger partial charge in [0.15, 0.2) is 0 Å². The molecule has 3 rings (SSSR count). The van der Waals surface area contributed by atoms with Crippen LogP contribution in [0.15, 0.2) is 42.5 Å². The van der Waals surface area contributed by atoms with Crippen LogP contribution in [0.2, 0.25) is 10.0 Å². The van der Waals surface area contributed by atoms with E-state index in [4.69, 9.17) is 32.7 Å². The summed E-state index contributed by atoms with van der Waals surface area (Å²) in [7, 11) is 0. The number of nitrogens with zero attached hydrogens (tertiary/aromatic N) is 1. The fourth-order valence-electron chi connectivity index (χ4n) is 3.53. The zero-order valence-corrected chi connectivity index (χ0v) is 22.6. The largest absolute Gasteiger partial charge is 0.489 e. The van der Waals surface area contributed by atoms with Crippen molar-refractivity contribution in [2.24, 2.45) is 0 Å². The average molecular weight is 557 g/mol. The van der Waals surface area contributed by atoms with Gasteiger partial charge in [0.25, 0.3) is 0 Å². The molecule has 1 heterocycles. The van der Waals surface area contributed by atoms with Crippen molar-refractivity contribution < 1.29 is 29.3 Å². The molecule has 0 bridgehead atoms. The maximum atomic E-state index is 12.9. The SMILES string of the molecule is CC(C)(C)OC(O)N1CSC[C@@H]1C(=O)N[C@@H](Cc1ccc(OCc2c(Cl)cccc2Cl)cc1)C(=O)O. The molecular weight excluding hydrogens is 527 g/mol. The van der Waals surface area contributed by atoms with Crippen molar-refractivity contribution in [3.63, 3.8) is 0 Å². The zero-order chi connectivity index (χ0) is 26.5. The van der Waals surface area contributed by atoms with Crippen molar-refractivity contribution in [1.82, 2.24) is 10.2 Å². The number of halogens is 2. The molecule has 8 nitrogen and oxygen atoms in total. The summed E-state index contributed by atoms with van der Waals surface area (Å²) >= 11 is 13.8. The van der Waals surface area contributed by atoms with Crippen LogP contribution in [0.4, 0.5) is 0 Å². The Morgan fingerprint density at radius 3 is 2.39 bits per heavy atom. The second-order valence-corrected chi connectivity index (χ2v) is 11.1. The van der Waals surface area contributed by atoms with E-state index in [0.717, 1.165) is 0 Å². The molecule has 1 amide bonds. The molecule has 1 saturated heterocycles. The molecule has 2 aromatic carbocycles. The first-order chi connectivity index (χ1) is 16.9. The summed E-state index contributed by atoms with van der Waals surface area (Å²) < 4.78 is 11.3. The van der Waals surface area contributed by atoms with Crippen LogP contribution in [0.25, 0.3) is 0 Å². The standard InChI is InChI=1S/C25H30Cl2N2O6S/c1-25(2,3)35-24(33)29-14-36-13-21(29)22(30)28-20(23(31)32)11-15-7-9-16(10-8-15)34-12-17-18(26)5-4-6-19(17)27/h4-10,20-21,24,33H,11-14H2,1-3H3,(H,28,30)(H,31,32)/t20-,21+,24?/m0/s1. The highest BCUT2D eigenvalue weighted by Crippen LogP contribution is 2.27. The molecule has 2 aromatic rings. The molecule has 0 aliphatic carbocycles. The molecule has 1 aliphatic heterocycles. The van der Waals surface area contributed by atoms with Crippen LogP contribution in [-0.4, -0.2) is 62.7 Å². The van der Waals surface area contributed by atoms with Gasteiger partial charge >= 0.3 is 5.97 Å². The number of carboxylic acids is 1. The predicted molar refractivity (Wildman–Crippen MR) is 140 cm³/mol. The van der Waals surface area contributed by atoms with Crippen LogP contribution in [0.1, 0.15) is 31.9 Å². The molecule has 1 aliphatic rings. The number of amides is 1. The van der Waals surface area contributed by atoms with Gasteiger partial charge in [-0.15, -0.1) is 11.8 Å². The molecule has 3 N–H and O–H groups in total. The predicted octanol–water partition coefficient (Wildman–Crippen LogP) is 4.15. The summed E-state index contributed by atoms with van der Waals surface area (Å²) in [6.45, 7) is 5.60. The Bertz CT molecular complexity index is 1040. The minimum atomic E-state index is -1.27. The van der Waals surface area contributed by atoms with E-state index in [0.29, 0.717) is 38.6 Å². The molecule has 0 aromatic heterocycles. The smallest absolute Gasteiger partial charge is 0.326 e. The third kappa shape index (κ3) is 7.99. The quantitative estimate of drug-likeness (QED) is 0.374. The summed E-state index contributed by atoms with van der Waals surface area (Å²) in [5.41, 5.74) is 0.780. The van der Waals surface area contributed by atoms with Crippen LogP contribution in [0.3, 0.4) is 0 Å². The maximum Gasteiger partial charge on any atom is 0.326 e. The van der Waals surface area contributed by atoms with Gasteiger partial charge in [0.2, 0.25) is 12.3 Å². The van der Waals surface area contributed by atoms with Gasteiger partial charge in [-0.1, -0.05) is 41.4 Å². The highest BCUT2D eigenvalue weighted by Gasteiger charge is 2.38. The van der Waals surface area contributed by atoms with Crippen LogP contribution >= 0.6 is 35.0 Å². The van der Waals surface area contributed by atoms with Crippen LogP contribution in [0.5, 0.6) is 5.75 Å². The number of nitrogens with one attached hydrogen (secondary N) is 1. The highest BCUT2D eigenvalue weighted by molar-refractivity contribution is 7.99. The number of aliphatic hydroxyl groups is 1. The normalized spacial score (nSPS) is 18.0. The molecule has 196 valence electrons. The van der Waals surface area contributed by atoms with Gasteiger partial charge in [-0.05, 0) is 50.6 Å². The van der Waals surface area contributed by atoms with Crippen LogP contribution in [-0.2, 0) is 27.4 Å². The summed E-state index contributed by atoms with van der Waals surface area (Å²) in [6, 6.07) is 10.3. The average Bonchev–Trinajstić information content (AvgIpc) is 3.28. The van der Waals surface area contributed by atoms with Crippen molar-refractivity contribution in [1.29, 1.82) is 0 Å². The lowest BCUT2D eigenvalue weighted by Crippen LogP contribution is -2.54. The number of ether oxygens (including phenoxy) is 2. The number of rotatable bonds is 10. The molecule has 0 radical (unpaired) electrons. The lowest BCUT2D eigenvalue weighted by molar-refractivity contribution is -0.239. The number of carboxylic acid groups (broad SMARTS) is 1. The third-order valence-electron chi connectivity index (χ3n) is 5.38. The topological polar surface area (TPSA) is 108 Å². The number of aliphatic hydroxyl groups excluding tert-OH is 1. The van der Waals surface area contributed by atoms with Crippen molar-refractivity contribution in [2.45, 2.75) is 57.9 Å². The van der Waals surface area contributed by atoms with Crippen molar-refractivity contribution in [3.05, 3.63) is 63.6 Å². The highest BCUT2D eigenvalue weighted by atomic mass is 35.5. The molecule has 3 atom stereocenters. The number of hydrogen-bond donors (Lipinski definition) is 3. The van der Waals surface area contributed by atoms with Gasteiger partial charge in [-0.25, -0.2) is 9.69 Å². The van der Waals surface area contributed by atoms with E-state index in [9.17, 15) is 19.8 Å². The molecule has 0 spiro atoms. The van der Waals surface area contributed by atoms with Crippen molar-refractivity contribution in [3.8, 4) is 5.75 Å². The van der Waals surface area contributed by atoms with E-state index < -0.39 is 36.0 Å². The van der Waals surface area contributed by atoms with E-state index in [-0.39, 0.29) is 13.0 Å². The Hall–Kier alpha value is -2.01. The number of thioether (sulfide) groups is 1. The number of aliphatic carboxylic acids is 1. The number of benzene rings is 2. The fraction of sp³-hybridized carbons (Fsp3) is 0.440. The van der Waals surface area contributed by atoms with Crippen LogP contribution < -0.4 is 10.1 Å². The minimum absolute atomic E-state index is 0.0819. The van der Waals surface area contributed by atoms with Gasteiger partial charge in [-0.2, -0.15) is 0 Å². The van der Waals surface area contributed by atoms with Crippen LogP contribution in [0, 0.1) is 0 Å². The Kier molecular flexibility index (Phi) is 9.91. The molecule has 36 heavy (non-hydrogen) atoms. The summed E-state index contributed by atoms with van der Waals surface area (Å²) in [5, 5.41) is 23.8. The molecule has 0 saturated carbocycles. The van der Waals surface area contributed by atoms with E-state index in [1.165, 1.54) is 16.7 Å². The molecule has 1 unspecified atom stereocenters.